The van der Waals surface area contributed by atoms with Gasteiger partial charge in [0.05, 0.1) is 6.54 Å². The molecule has 0 N–H and O–H groups in total. The van der Waals surface area contributed by atoms with Gasteiger partial charge in [-0.3, -0.25) is 4.79 Å². The van der Waals surface area contributed by atoms with E-state index in [1.165, 1.54) is 47.6 Å². The first kappa shape index (κ1) is 16.2. The van der Waals surface area contributed by atoms with Gasteiger partial charge < -0.3 is 9.47 Å². The first-order valence-corrected chi connectivity index (χ1v) is 9.50. The van der Waals surface area contributed by atoms with Crippen LogP contribution in [0.3, 0.4) is 0 Å². The van der Waals surface area contributed by atoms with Crippen LogP contribution in [0.25, 0.3) is 10.8 Å². The van der Waals surface area contributed by atoms with Gasteiger partial charge in [-0.15, -0.1) is 10.2 Å². The molecule has 0 unspecified atom stereocenters. The van der Waals surface area contributed by atoms with Gasteiger partial charge in [0, 0.05) is 18.7 Å². The molecule has 4 rings (SSSR count). The van der Waals surface area contributed by atoms with E-state index in [1.807, 2.05) is 10.8 Å². The predicted molar refractivity (Wildman–Crippen MR) is 91.8 cm³/mol. The van der Waals surface area contributed by atoms with Crippen molar-refractivity contribution in [2.45, 2.75) is 18.2 Å². The quantitative estimate of drug-likeness (QED) is 0.653. The van der Waals surface area contributed by atoms with Crippen molar-refractivity contribution in [3.63, 3.8) is 0 Å². The first-order valence-electron chi connectivity index (χ1n) is 7.50. The maximum Gasteiger partial charge on any atom is 0.254 e. The van der Waals surface area contributed by atoms with Crippen molar-refractivity contribution in [3.05, 3.63) is 41.5 Å². The van der Waals surface area contributed by atoms with Crippen LogP contribution >= 0.6 is 23.3 Å². The molecule has 128 valence electrons. The third-order valence-electron chi connectivity index (χ3n) is 3.91. The molecule has 25 heavy (non-hydrogen) atoms. The van der Waals surface area contributed by atoms with Crippen molar-refractivity contribution in [2.75, 3.05) is 12.8 Å². The summed E-state index contributed by atoms with van der Waals surface area (Å²) in [6, 6.07) is 5.56. The van der Waals surface area contributed by atoms with E-state index in [4.69, 9.17) is 0 Å². The molecule has 1 aliphatic heterocycles. The number of hydrogen-bond donors (Lipinski definition) is 0. The van der Waals surface area contributed by atoms with Crippen LogP contribution in [0.15, 0.2) is 29.4 Å². The third-order valence-corrected chi connectivity index (χ3v) is 5.29. The molecule has 0 fully saturated rings. The average Bonchev–Trinajstić information content (AvgIpc) is 3.27. The average molecular weight is 376 g/mol. The number of carbonyl (C=O) groups excluding carboxylic acids is 1. The standard InChI is InChI=1S/C15H13FN6OS2/c1-24-15-17-13(25-20-15)12-19-18-11-8-21(6-7-22(11)12)14(23)9-2-4-10(16)5-3-9/h2-5H,6-8H2,1H3. The molecule has 3 aromatic rings. The van der Waals surface area contributed by atoms with Crippen molar-refractivity contribution in [2.24, 2.45) is 0 Å². The summed E-state index contributed by atoms with van der Waals surface area (Å²) in [5.74, 6) is 0.886. The van der Waals surface area contributed by atoms with Crippen molar-refractivity contribution < 1.29 is 9.18 Å². The number of thioether (sulfide) groups is 1. The molecule has 1 aromatic carbocycles. The van der Waals surface area contributed by atoms with E-state index in [1.54, 1.807) is 4.90 Å². The summed E-state index contributed by atoms with van der Waals surface area (Å²) in [5, 5.41) is 9.85. The Kier molecular flexibility index (Phi) is 4.22. The summed E-state index contributed by atoms with van der Waals surface area (Å²) in [4.78, 5) is 18.7. The molecule has 7 nitrogen and oxygen atoms in total. The molecule has 2 aromatic heterocycles. The molecule has 0 atom stereocenters. The Hall–Kier alpha value is -2.33. The smallest absolute Gasteiger partial charge is 0.254 e. The number of halogens is 1. The molecular formula is C15H13FN6OS2. The van der Waals surface area contributed by atoms with Gasteiger partial charge >= 0.3 is 0 Å². The van der Waals surface area contributed by atoms with Gasteiger partial charge in [0.1, 0.15) is 5.82 Å². The molecule has 0 saturated carbocycles. The number of rotatable bonds is 3. The fourth-order valence-electron chi connectivity index (χ4n) is 2.65. The zero-order valence-corrected chi connectivity index (χ0v) is 14.8. The van der Waals surface area contributed by atoms with Crippen molar-refractivity contribution in [1.82, 2.24) is 29.0 Å². The van der Waals surface area contributed by atoms with Gasteiger partial charge in [0.25, 0.3) is 5.91 Å². The van der Waals surface area contributed by atoms with Crippen LogP contribution in [0, 0.1) is 5.82 Å². The number of nitrogens with zero attached hydrogens (tertiary/aromatic N) is 6. The highest BCUT2D eigenvalue weighted by Gasteiger charge is 2.26. The van der Waals surface area contributed by atoms with Gasteiger partial charge in [0.15, 0.2) is 16.7 Å². The van der Waals surface area contributed by atoms with Crippen LogP contribution < -0.4 is 0 Å². The molecule has 0 aliphatic carbocycles. The minimum atomic E-state index is -0.360. The van der Waals surface area contributed by atoms with E-state index in [0.717, 1.165) is 5.01 Å². The molecule has 10 heteroatoms. The summed E-state index contributed by atoms with van der Waals surface area (Å²) in [6.45, 7) is 1.47. The van der Waals surface area contributed by atoms with Crippen molar-refractivity contribution in [1.29, 1.82) is 0 Å². The molecule has 1 amide bonds. The maximum absolute atomic E-state index is 13.0. The van der Waals surface area contributed by atoms with Crippen LogP contribution in [-0.2, 0) is 13.1 Å². The number of hydrogen-bond acceptors (Lipinski definition) is 7. The summed E-state index contributed by atoms with van der Waals surface area (Å²) < 4.78 is 19.2. The normalized spacial score (nSPS) is 13.8. The fraction of sp³-hybridized carbons (Fsp3) is 0.267. The minimum absolute atomic E-state index is 0.142. The van der Waals surface area contributed by atoms with E-state index in [9.17, 15) is 9.18 Å². The van der Waals surface area contributed by atoms with Gasteiger partial charge in [-0.2, -0.15) is 4.37 Å². The van der Waals surface area contributed by atoms with Crippen molar-refractivity contribution in [3.8, 4) is 10.8 Å². The Labute approximate surface area is 151 Å². The number of amides is 1. The zero-order chi connectivity index (χ0) is 17.4. The monoisotopic (exact) mass is 376 g/mol. The lowest BCUT2D eigenvalue weighted by atomic mass is 10.2. The molecule has 0 radical (unpaired) electrons. The van der Waals surface area contributed by atoms with E-state index in [-0.39, 0.29) is 11.7 Å². The van der Waals surface area contributed by atoms with Gasteiger partial charge in [-0.25, -0.2) is 9.37 Å². The predicted octanol–water partition coefficient (Wildman–Crippen LogP) is 2.31. The number of carbonyl (C=O) groups is 1. The zero-order valence-electron chi connectivity index (χ0n) is 13.2. The number of benzene rings is 1. The lowest BCUT2D eigenvalue weighted by Gasteiger charge is -2.27. The van der Waals surface area contributed by atoms with Gasteiger partial charge in [-0.05, 0) is 42.1 Å². The van der Waals surface area contributed by atoms with E-state index in [2.05, 4.69) is 19.6 Å². The highest BCUT2D eigenvalue weighted by atomic mass is 32.2. The van der Waals surface area contributed by atoms with E-state index < -0.39 is 0 Å². The molecule has 1 aliphatic rings. The Morgan fingerprint density at radius 3 is 2.76 bits per heavy atom. The molecule has 0 bridgehead atoms. The molecular weight excluding hydrogens is 363 g/mol. The second-order valence-corrected chi connectivity index (χ2v) is 6.94. The third kappa shape index (κ3) is 3.02. The first-order chi connectivity index (χ1) is 12.2. The van der Waals surface area contributed by atoms with Crippen LogP contribution in [0.2, 0.25) is 0 Å². The SMILES string of the molecule is CSc1nsc(-c2nnc3n2CCN(C(=O)c2ccc(F)cc2)C3)n1. The van der Waals surface area contributed by atoms with Crippen LogP contribution in [-0.4, -0.2) is 47.7 Å². The molecule has 0 saturated heterocycles. The fourth-order valence-corrected chi connectivity index (χ4v) is 3.86. The number of aromatic nitrogens is 5. The highest BCUT2D eigenvalue weighted by molar-refractivity contribution is 7.98. The molecule has 3 heterocycles. The number of fused-ring (bicyclic) bond motifs is 1. The van der Waals surface area contributed by atoms with Crippen molar-refractivity contribution >= 4 is 29.2 Å². The maximum atomic E-state index is 13.0. The molecule has 0 spiro atoms. The van der Waals surface area contributed by atoms with Gasteiger partial charge in [0.2, 0.25) is 5.16 Å². The Bertz CT molecular complexity index is 923. The summed E-state index contributed by atoms with van der Waals surface area (Å²) >= 11 is 2.77. The largest absolute Gasteiger partial charge is 0.329 e. The topological polar surface area (TPSA) is 76.8 Å². The lowest BCUT2D eigenvalue weighted by Crippen LogP contribution is -2.38. The summed E-state index contributed by atoms with van der Waals surface area (Å²) in [6.07, 6.45) is 1.92. The summed E-state index contributed by atoms with van der Waals surface area (Å²) in [7, 11) is 0. The van der Waals surface area contributed by atoms with E-state index >= 15 is 0 Å². The Morgan fingerprint density at radius 1 is 1.24 bits per heavy atom. The van der Waals surface area contributed by atoms with Crippen LogP contribution in [0.4, 0.5) is 4.39 Å². The van der Waals surface area contributed by atoms with Crippen LogP contribution in [0.5, 0.6) is 0 Å². The van der Waals surface area contributed by atoms with Crippen LogP contribution in [0.1, 0.15) is 16.2 Å². The highest BCUT2D eigenvalue weighted by Crippen LogP contribution is 2.26. The second-order valence-electron chi connectivity index (χ2n) is 5.41. The second kappa shape index (κ2) is 6.52. The minimum Gasteiger partial charge on any atom is -0.329 e. The van der Waals surface area contributed by atoms with Gasteiger partial charge in [-0.1, -0.05) is 11.8 Å². The van der Waals surface area contributed by atoms with E-state index in [0.29, 0.717) is 42.0 Å². The Morgan fingerprint density at radius 2 is 2.04 bits per heavy atom. The lowest BCUT2D eigenvalue weighted by molar-refractivity contribution is 0.0708. The Balaban J connectivity index is 1.56. The summed E-state index contributed by atoms with van der Waals surface area (Å²) in [5.41, 5.74) is 0.461.